The Morgan fingerprint density at radius 1 is 1.41 bits per heavy atom. The van der Waals surface area contributed by atoms with E-state index in [2.05, 4.69) is 37.2 Å². The van der Waals surface area contributed by atoms with Gasteiger partial charge in [-0.15, -0.1) is 0 Å². The van der Waals surface area contributed by atoms with Crippen molar-refractivity contribution >= 4 is 49.8 Å². The summed E-state index contributed by atoms with van der Waals surface area (Å²) in [6.07, 6.45) is 1.71. The monoisotopic (exact) mass is 359 g/mol. The standard InChI is InChI=1S/C11H11Br2N3O/c1-6(10(17)16-11(14)15)5-7-8(12)3-2-4-9(7)13/h2-5H,1H3,(H4,14,15,16,17)/b6-5+. The normalized spacial score (nSPS) is 11.1. The van der Waals surface area contributed by atoms with Crippen molar-refractivity contribution in [1.82, 2.24) is 5.32 Å². The lowest BCUT2D eigenvalue weighted by Crippen LogP contribution is -2.36. The zero-order valence-corrected chi connectivity index (χ0v) is 12.2. The zero-order valence-electron chi connectivity index (χ0n) is 9.05. The van der Waals surface area contributed by atoms with Gasteiger partial charge in [0.15, 0.2) is 5.96 Å². The van der Waals surface area contributed by atoms with Gasteiger partial charge >= 0.3 is 0 Å². The van der Waals surface area contributed by atoms with Crippen LogP contribution in [0.4, 0.5) is 0 Å². The van der Waals surface area contributed by atoms with Crippen LogP contribution in [0.1, 0.15) is 12.5 Å². The second-order valence-corrected chi connectivity index (χ2v) is 5.04. The molecule has 1 rings (SSSR count). The number of benzene rings is 1. The first-order valence-electron chi connectivity index (χ1n) is 4.69. The summed E-state index contributed by atoms with van der Waals surface area (Å²) in [5.74, 6) is -0.755. The van der Waals surface area contributed by atoms with Gasteiger partial charge in [0.05, 0.1) is 0 Å². The van der Waals surface area contributed by atoms with Crippen molar-refractivity contribution in [3.8, 4) is 0 Å². The summed E-state index contributed by atoms with van der Waals surface area (Å²) in [4.78, 5) is 11.5. The number of hydrogen-bond donors (Lipinski definition) is 3. The fraction of sp³-hybridized carbons (Fsp3) is 0.0909. The van der Waals surface area contributed by atoms with Crippen LogP contribution in [-0.2, 0) is 4.79 Å². The highest BCUT2D eigenvalue weighted by Crippen LogP contribution is 2.27. The number of hydrogen-bond acceptors (Lipinski definition) is 2. The molecule has 6 heteroatoms. The minimum atomic E-state index is -0.389. The maximum atomic E-state index is 11.5. The number of halogens is 2. The largest absolute Gasteiger partial charge is 0.370 e. The molecule has 1 aromatic rings. The van der Waals surface area contributed by atoms with Crippen molar-refractivity contribution in [2.75, 3.05) is 0 Å². The summed E-state index contributed by atoms with van der Waals surface area (Å²) in [6.45, 7) is 1.66. The van der Waals surface area contributed by atoms with E-state index in [0.717, 1.165) is 14.5 Å². The van der Waals surface area contributed by atoms with E-state index < -0.39 is 0 Å². The summed E-state index contributed by atoms with van der Waals surface area (Å²) in [5.41, 5.74) is 6.42. The quantitative estimate of drug-likeness (QED) is 0.430. The molecule has 17 heavy (non-hydrogen) atoms. The average molecular weight is 361 g/mol. The third-order valence-electron chi connectivity index (χ3n) is 1.97. The summed E-state index contributed by atoms with van der Waals surface area (Å²) in [6, 6.07) is 5.65. The number of carbonyl (C=O) groups excluding carboxylic acids is 1. The van der Waals surface area contributed by atoms with E-state index in [4.69, 9.17) is 11.1 Å². The number of nitrogens with one attached hydrogen (secondary N) is 2. The topological polar surface area (TPSA) is 79.0 Å². The predicted octanol–water partition coefficient (Wildman–Crippen LogP) is 2.62. The van der Waals surface area contributed by atoms with E-state index in [9.17, 15) is 4.79 Å². The highest BCUT2D eigenvalue weighted by Gasteiger charge is 2.07. The van der Waals surface area contributed by atoms with Crippen molar-refractivity contribution in [2.24, 2.45) is 5.73 Å². The number of carbonyl (C=O) groups is 1. The Kier molecular flexibility index (Phi) is 4.89. The Balaban J connectivity index is 3.02. The molecule has 0 bridgehead atoms. The fourth-order valence-corrected chi connectivity index (χ4v) is 2.38. The van der Waals surface area contributed by atoms with E-state index in [-0.39, 0.29) is 11.9 Å². The highest BCUT2D eigenvalue weighted by atomic mass is 79.9. The molecule has 90 valence electrons. The van der Waals surface area contributed by atoms with Crippen LogP contribution in [0.25, 0.3) is 6.08 Å². The van der Waals surface area contributed by atoms with Crippen LogP contribution >= 0.6 is 31.9 Å². The van der Waals surface area contributed by atoms with Crippen LogP contribution in [0.15, 0.2) is 32.7 Å². The SMILES string of the molecule is C/C(=C\c1c(Br)cccc1Br)C(=O)NC(=N)N. The van der Waals surface area contributed by atoms with Crippen molar-refractivity contribution < 1.29 is 4.79 Å². The Bertz CT molecular complexity index is 477. The van der Waals surface area contributed by atoms with Gasteiger partial charge in [-0.1, -0.05) is 37.9 Å². The number of amides is 1. The number of guanidine groups is 1. The van der Waals surface area contributed by atoms with Gasteiger partial charge in [0.25, 0.3) is 5.91 Å². The molecule has 0 aromatic heterocycles. The van der Waals surface area contributed by atoms with Gasteiger partial charge in [0.1, 0.15) is 0 Å². The molecule has 0 saturated carbocycles. The van der Waals surface area contributed by atoms with Crippen molar-refractivity contribution in [3.63, 3.8) is 0 Å². The Morgan fingerprint density at radius 2 is 1.94 bits per heavy atom. The molecule has 4 nitrogen and oxygen atoms in total. The summed E-state index contributed by atoms with van der Waals surface area (Å²) < 4.78 is 1.75. The van der Waals surface area contributed by atoms with Gasteiger partial charge < -0.3 is 5.73 Å². The van der Waals surface area contributed by atoms with Crippen LogP contribution in [0, 0.1) is 5.41 Å². The molecule has 0 aliphatic carbocycles. The molecule has 0 heterocycles. The first-order valence-corrected chi connectivity index (χ1v) is 6.28. The predicted molar refractivity (Wildman–Crippen MR) is 75.5 cm³/mol. The molecule has 1 amide bonds. The minimum absolute atomic E-state index is 0.367. The van der Waals surface area contributed by atoms with Crippen molar-refractivity contribution in [3.05, 3.63) is 38.3 Å². The van der Waals surface area contributed by atoms with Crippen molar-refractivity contribution in [1.29, 1.82) is 5.41 Å². The van der Waals surface area contributed by atoms with Crippen LogP contribution in [0.2, 0.25) is 0 Å². The smallest absolute Gasteiger partial charge is 0.253 e. The molecular formula is C11H11Br2N3O. The molecule has 0 radical (unpaired) electrons. The zero-order chi connectivity index (χ0) is 13.0. The van der Waals surface area contributed by atoms with Crippen LogP contribution in [0.5, 0.6) is 0 Å². The Morgan fingerprint density at radius 3 is 2.41 bits per heavy atom. The first-order chi connectivity index (χ1) is 7.91. The van der Waals surface area contributed by atoms with Crippen LogP contribution in [0.3, 0.4) is 0 Å². The van der Waals surface area contributed by atoms with Gasteiger partial charge in [0, 0.05) is 20.1 Å². The van der Waals surface area contributed by atoms with Gasteiger partial charge in [0.2, 0.25) is 0 Å². The minimum Gasteiger partial charge on any atom is -0.370 e. The molecule has 0 atom stereocenters. The molecule has 0 aliphatic rings. The lowest BCUT2D eigenvalue weighted by Gasteiger charge is -2.05. The lowest BCUT2D eigenvalue weighted by atomic mass is 10.1. The molecule has 0 fully saturated rings. The second kappa shape index (κ2) is 5.97. The molecule has 0 spiro atoms. The van der Waals surface area contributed by atoms with Crippen molar-refractivity contribution in [2.45, 2.75) is 6.92 Å². The maximum absolute atomic E-state index is 11.5. The van der Waals surface area contributed by atoms with E-state index in [0.29, 0.717) is 5.57 Å². The first kappa shape index (κ1) is 13.9. The third kappa shape index (κ3) is 3.98. The molecule has 0 aliphatic heterocycles. The summed E-state index contributed by atoms with van der Waals surface area (Å²) >= 11 is 6.80. The molecule has 1 aromatic carbocycles. The van der Waals surface area contributed by atoms with Crippen LogP contribution in [-0.4, -0.2) is 11.9 Å². The van der Waals surface area contributed by atoms with Crippen LogP contribution < -0.4 is 11.1 Å². The maximum Gasteiger partial charge on any atom is 0.253 e. The lowest BCUT2D eigenvalue weighted by molar-refractivity contribution is -0.116. The van der Waals surface area contributed by atoms with Gasteiger partial charge in [-0.25, -0.2) is 0 Å². The Labute approximate surface area is 116 Å². The molecule has 0 saturated heterocycles. The summed E-state index contributed by atoms with van der Waals surface area (Å²) in [5, 5.41) is 9.21. The van der Waals surface area contributed by atoms with Gasteiger partial charge in [-0.05, 0) is 25.1 Å². The average Bonchev–Trinajstić information content (AvgIpc) is 2.22. The van der Waals surface area contributed by atoms with E-state index in [1.54, 1.807) is 13.0 Å². The Hall–Kier alpha value is -1.14. The van der Waals surface area contributed by atoms with E-state index in [1.807, 2.05) is 18.2 Å². The van der Waals surface area contributed by atoms with Gasteiger partial charge in [-0.2, -0.15) is 0 Å². The second-order valence-electron chi connectivity index (χ2n) is 3.33. The molecule has 4 N–H and O–H groups in total. The number of rotatable bonds is 2. The summed E-state index contributed by atoms with van der Waals surface area (Å²) in [7, 11) is 0. The molecule has 0 unspecified atom stereocenters. The van der Waals surface area contributed by atoms with Gasteiger partial charge in [-0.3, -0.25) is 15.5 Å². The highest BCUT2D eigenvalue weighted by molar-refractivity contribution is 9.11. The van der Waals surface area contributed by atoms with E-state index >= 15 is 0 Å². The fourth-order valence-electron chi connectivity index (χ4n) is 1.15. The number of nitrogens with two attached hydrogens (primary N) is 1. The van der Waals surface area contributed by atoms with E-state index in [1.165, 1.54) is 0 Å². The third-order valence-corrected chi connectivity index (χ3v) is 3.35. The molecular weight excluding hydrogens is 350 g/mol.